The van der Waals surface area contributed by atoms with Crippen LogP contribution < -0.4 is 5.56 Å². The third-order valence-corrected chi connectivity index (χ3v) is 5.57. The zero-order chi connectivity index (χ0) is 17.8. The molecule has 0 spiro atoms. The molecule has 5 heteroatoms. The number of fused-ring (bicyclic) bond motifs is 1. The van der Waals surface area contributed by atoms with Gasteiger partial charge in [-0.25, -0.2) is 4.68 Å². The lowest BCUT2D eigenvalue weighted by Crippen LogP contribution is -2.47. The molecule has 1 saturated heterocycles. The Kier molecular flexibility index (Phi) is 5.46. The average molecular weight is 352 g/mol. The summed E-state index contributed by atoms with van der Waals surface area (Å²) in [7, 11) is 0. The van der Waals surface area contributed by atoms with E-state index in [9.17, 15) is 4.79 Å². The number of piperazine rings is 1. The lowest BCUT2D eigenvalue weighted by molar-refractivity contribution is 0.0966. The molecule has 1 aromatic carbocycles. The van der Waals surface area contributed by atoms with Gasteiger partial charge in [0.05, 0.1) is 12.4 Å². The van der Waals surface area contributed by atoms with Crippen molar-refractivity contribution < 1.29 is 0 Å². The van der Waals surface area contributed by atoms with E-state index in [1.165, 1.54) is 30.4 Å². The van der Waals surface area contributed by atoms with E-state index >= 15 is 0 Å². The maximum absolute atomic E-state index is 12.4. The normalized spacial score (nSPS) is 19.1. The Labute approximate surface area is 155 Å². The summed E-state index contributed by atoms with van der Waals surface area (Å²) in [5.41, 5.74) is 3.74. The highest BCUT2D eigenvalue weighted by Gasteiger charge is 2.19. The molecule has 0 atom stereocenters. The van der Waals surface area contributed by atoms with Crippen molar-refractivity contribution in [1.82, 2.24) is 19.6 Å². The highest BCUT2D eigenvalue weighted by atomic mass is 16.1. The summed E-state index contributed by atoms with van der Waals surface area (Å²) in [6.07, 6.45) is 5.64. The second-order valence-corrected chi connectivity index (χ2v) is 7.54. The van der Waals surface area contributed by atoms with Gasteiger partial charge in [-0.15, -0.1) is 0 Å². The number of benzene rings is 1. The second kappa shape index (κ2) is 8.14. The average Bonchev–Trinajstić information content (AvgIpc) is 2.89. The molecule has 2 aromatic rings. The van der Waals surface area contributed by atoms with Crippen LogP contribution >= 0.6 is 0 Å². The van der Waals surface area contributed by atoms with Crippen molar-refractivity contribution in [3.63, 3.8) is 0 Å². The Morgan fingerprint density at radius 2 is 1.62 bits per heavy atom. The first-order chi connectivity index (χ1) is 12.8. The third kappa shape index (κ3) is 4.22. The van der Waals surface area contributed by atoms with E-state index in [1.54, 1.807) is 4.68 Å². The zero-order valence-electron chi connectivity index (χ0n) is 15.4. The lowest BCUT2D eigenvalue weighted by Gasteiger charge is -2.34. The molecular formula is C21H28N4O. The highest BCUT2D eigenvalue weighted by molar-refractivity contribution is 5.19. The summed E-state index contributed by atoms with van der Waals surface area (Å²) >= 11 is 0. The Hall–Kier alpha value is -1.98. The van der Waals surface area contributed by atoms with Crippen LogP contribution in [0.3, 0.4) is 0 Å². The summed E-state index contributed by atoms with van der Waals surface area (Å²) in [6, 6.07) is 12.5. The number of nitrogens with zero attached hydrogens (tertiary/aromatic N) is 4. The van der Waals surface area contributed by atoms with Crippen molar-refractivity contribution in [3.05, 3.63) is 63.6 Å². The fraction of sp³-hybridized carbons (Fsp3) is 0.524. The predicted molar refractivity (Wildman–Crippen MR) is 103 cm³/mol. The molecule has 26 heavy (non-hydrogen) atoms. The number of aromatic nitrogens is 2. The highest BCUT2D eigenvalue weighted by Crippen LogP contribution is 2.17. The molecule has 0 amide bonds. The van der Waals surface area contributed by atoms with E-state index in [2.05, 4.69) is 40.1 Å². The molecular weight excluding hydrogens is 324 g/mol. The van der Waals surface area contributed by atoms with Crippen LogP contribution in [0.5, 0.6) is 0 Å². The number of hydrogen-bond donors (Lipinski definition) is 0. The molecule has 1 aliphatic carbocycles. The molecule has 2 aliphatic rings. The minimum Gasteiger partial charge on any atom is -0.297 e. The van der Waals surface area contributed by atoms with Gasteiger partial charge in [0.2, 0.25) is 0 Å². The van der Waals surface area contributed by atoms with Gasteiger partial charge in [-0.05, 0) is 36.8 Å². The van der Waals surface area contributed by atoms with Gasteiger partial charge < -0.3 is 0 Å². The number of aryl methyl sites for hydroxylation is 2. The molecule has 138 valence electrons. The maximum Gasteiger partial charge on any atom is 0.268 e. The van der Waals surface area contributed by atoms with Gasteiger partial charge in [-0.1, -0.05) is 36.8 Å². The van der Waals surface area contributed by atoms with Gasteiger partial charge in [0, 0.05) is 38.8 Å². The minimum atomic E-state index is 0.0531. The van der Waals surface area contributed by atoms with Crippen LogP contribution in [0.1, 0.15) is 36.1 Å². The van der Waals surface area contributed by atoms with Gasteiger partial charge in [0.1, 0.15) is 0 Å². The van der Waals surface area contributed by atoms with E-state index in [1.807, 2.05) is 6.07 Å². The van der Waals surface area contributed by atoms with Crippen molar-refractivity contribution in [1.29, 1.82) is 0 Å². The molecule has 0 radical (unpaired) electrons. The second-order valence-electron chi connectivity index (χ2n) is 7.54. The predicted octanol–water partition coefficient (Wildman–Crippen LogP) is 2.29. The first-order valence-electron chi connectivity index (χ1n) is 9.86. The molecule has 2 heterocycles. The van der Waals surface area contributed by atoms with Crippen molar-refractivity contribution in [2.24, 2.45) is 0 Å². The van der Waals surface area contributed by atoms with E-state index in [0.29, 0.717) is 6.67 Å². The minimum absolute atomic E-state index is 0.0531. The SMILES string of the molecule is O=c1cc2c(nn1CN1CCN(Cc3ccccc3)CC1)CCCCC2. The standard InChI is InChI=1S/C21H28N4O/c26-21-15-19-9-5-2-6-10-20(19)22-25(21)17-24-13-11-23(12-14-24)16-18-7-3-1-4-8-18/h1,3-4,7-8,15H,2,5-6,9-14,16-17H2. The van der Waals surface area contributed by atoms with Gasteiger partial charge in [-0.2, -0.15) is 5.10 Å². The van der Waals surface area contributed by atoms with E-state index in [4.69, 9.17) is 5.10 Å². The molecule has 0 N–H and O–H groups in total. The summed E-state index contributed by atoms with van der Waals surface area (Å²) in [4.78, 5) is 17.3. The fourth-order valence-corrected chi connectivity index (χ4v) is 4.00. The Bertz CT molecular complexity index is 778. The lowest BCUT2D eigenvalue weighted by atomic mass is 10.1. The van der Waals surface area contributed by atoms with Crippen LogP contribution in [0.2, 0.25) is 0 Å². The first-order valence-corrected chi connectivity index (χ1v) is 9.86. The Morgan fingerprint density at radius 1 is 0.885 bits per heavy atom. The van der Waals surface area contributed by atoms with Crippen molar-refractivity contribution >= 4 is 0 Å². The van der Waals surface area contributed by atoms with Crippen LogP contribution in [-0.2, 0) is 26.1 Å². The molecule has 1 aromatic heterocycles. The van der Waals surface area contributed by atoms with E-state index in [0.717, 1.165) is 51.3 Å². The smallest absolute Gasteiger partial charge is 0.268 e. The van der Waals surface area contributed by atoms with Gasteiger partial charge in [0.25, 0.3) is 5.56 Å². The molecule has 0 saturated carbocycles. The van der Waals surface area contributed by atoms with Crippen LogP contribution in [-0.4, -0.2) is 45.8 Å². The fourth-order valence-electron chi connectivity index (χ4n) is 4.00. The Balaban J connectivity index is 1.36. The van der Waals surface area contributed by atoms with Crippen LogP contribution in [0.25, 0.3) is 0 Å². The first kappa shape index (κ1) is 17.4. The summed E-state index contributed by atoms with van der Waals surface area (Å²) in [5.74, 6) is 0. The molecule has 5 nitrogen and oxygen atoms in total. The summed E-state index contributed by atoms with van der Waals surface area (Å²) in [5, 5.41) is 4.70. The monoisotopic (exact) mass is 352 g/mol. The third-order valence-electron chi connectivity index (χ3n) is 5.57. The zero-order valence-corrected chi connectivity index (χ0v) is 15.4. The molecule has 0 unspecified atom stereocenters. The Morgan fingerprint density at radius 3 is 2.42 bits per heavy atom. The van der Waals surface area contributed by atoms with Crippen LogP contribution in [0.4, 0.5) is 0 Å². The maximum atomic E-state index is 12.4. The molecule has 0 bridgehead atoms. The number of hydrogen-bond acceptors (Lipinski definition) is 4. The van der Waals surface area contributed by atoms with Gasteiger partial charge in [-0.3, -0.25) is 14.6 Å². The van der Waals surface area contributed by atoms with Gasteiger partial charge >= 0.3 is 0 Å². The summed E-state index contributed by atoms with van der Waals surface area (Å²) < 4.78 is 1.68. The van der Waals surface area contributed by atoms with E-state index in [-0.39, 0.29) is 5.56 Å². The van der Waals surface area contributed by atoms with Gasteiger partial charge in [0.15, 0.2) is 0 Å². The topological polar surface area (TPSA) is 41.4 Å². The quantitative estimate of drug-likeness (QED) is 0.792. The van der Waals surface area contributed by atoms with Crippen molar-refractivity contribution in [3.8, 4) is 0 Å². The van der Waals surface area contributed by atoms with E-state index < -0.39 is 0 Å². The van der Waals surface area contributed by atoms with Crippen LogP contribution in [0.15, 0.2) is 41.2 Å². The molecule has 4 rings (SSSR count). The molecule has 1 aliphatic heterocycles. The summed E-state index contributed by atoms with van der Waals surface area (Å²) in [6.45, 7) is 5.66. The van der Waals surface area contributed by atoms with Crippen LogP contribution in [0, 0.1) is 0 Å². The largest absolute Gasteiger partial charge is 0.297 e. The molecule has 1 fully saturated rings. The number of rotatable bonds is 4. The van der Waals surface area contributed by atoms with Crippen molar-refractivity contribution in [2.45, 2.75) is 45.3 Å². The van der Waals surface area contributed by atoms with Crippen molar-refractivity contribution in [2.75, 3.05) is 26.2 Å².